The first-order valence-corrected chi connectivity index (χ1v) is 8.02. The fraction of sp³-hybridized carbons (Fsp3) is 0.286. The first kappa shape index (κ1) is 18.3. The van der Waals surface area contributed by atoms with Gasteiger partial charge < -0.3 is 14.2 Å². The van der Waals surface area contributed by atoms with Crippen molar-refractivity contribution in [3.63, 3.8) is 0 Å². The number of nitrogens with zero attached hydrogens (tertiary/aromatic N) is 1. The maximum Gasteiger partial charge on any atom is 1.00 e. The van der Waals surface area contributed by atoms with E-state index >= 15 is 0 Å². The van der Waals surface area contributed by atoms with Crippen molar-refractivity contribution in [1.29, 1.82) is 0 Å². The Balaban J connectivity index is 0.00000192. The van der Waals surface area contributed by atoms with E-state index in [1.165, 1.54) is 12.1 Å². The molecule has 0 spiro atoms. The summed E-state index contributed by atoms with van der Waals surface area (Å²) in [4.78, 5) is 25.2. The summed E-state index contributed by atoms with van der Waals surface area (Å²) in [5.41, 5.74) is 0.859. The Kier molecular flexibility index (Phi) is 5.44. The largest absolute Gasteiger partial charge is 1.00 e. The predicted molar refractivity (Wildman–Crippen MR) is 74.1 cm³/mol. The molecule has 1 aromatic rings. The zero-order valence-electron chi connectivity index (χ0n) is 12.4. The summed E-state index contributed by atoms with van der Waals surface area (Å²) in [5, 5.41) is 0. The van der Waals surface area contributed by atoms with Crippen LogP contribution < -0.4 is 29.6 Å². The Bertz CT molecular complexity index is 795. The van der Waals surface area contributed by atoms with E-state index in [2.05, 4.69) is 0 Å². The standard InChI is InChI=1S/C14H13NO6S.Na/c16-13-8-12(15-3-5-21-6-4-15)11-7-9(22(18,19)20)1-2-10(11)14(13)17;/h1-2,7-8H,3-6H2,(H,18,19,20);/q;+1/p-1. The average molecular weight is 345 g/mol. The van der Waals surface area contributed by atoms with Crippen LogP contribution in [0.5, 0.6) is 0 Å². The van der Waals surface area contributed by atoms with Crippen molar-refractivity contribution in [1.82, 2.24) is 4.90 Å². The molecule has 1 heterocycles. The molecule has 116 valence electrons. The van der Waals surface area contributed by atoms with Crippen molar-refractivity contribution in [2.45, 2.75) is 4.90 Å². The molecule has 0 amide bonds. The molecule has 0 radical (unpaired) electrons. The molecule has 23 heavy (non-hydrogen) atoms. The van der Waals surface area contributed by atoms with Gasteiger partial charge in [0.05, 0.1) is 18.1 Å². The van der Waals surface area contributed by atoms with Crippen molar-refractivity contribution >= 4 is 27.4 Å². The number of morpholine rings is 1. The summed E-state index contributed by atoms with van der Waals surface area (Å²) in [5.74, 6) is -1.37. The van der Waals surface area contributed by atoms with E-state index in [0.717, 1.165) is 12.1 Å². The number of benzene rings is 1. The molecule has 9 heteroatoms. The third kappa shape index (κ3) is 3.57. The van der Waals surface area contributed by atoms with E-state index in [0.29, 0.717) is 37.6 Å². The number of allylic oxidation sites excluding steroid dienone is 1. The van der Waals surface area contributed by atoms with Gasteiger partial charge in [0.25, 0.3) is 0 Å². The fourth-order valence-corrected chi connectivity index (χ4v) is 3.05. The number of rotatable bonds is 2. The molecule has 1 aliphatic carbocycles. The van der Waals surface area contributed by atoms with E-state index in [-0.39, 0.29) is 35.1 Å². The van der Waals surface area contributed by atoms with Crippen molar-refractivity contribution in [2.24, 2.45) is 0 Å². The predicted octanol–water partition coefficient (Wildman–Crippen LogP) is -2.97. The number of hydrogen-bond acceptors (Lipinski definition) is 7. The zero-order valence-corrected chi connectivity index (χ0v) is 15.3. The molecule has 0 aromatic heterocycles. The SMILES string of the molecule is O=C1C=C(N2CCOCC2)c2cc(S(=O)(=O)[O-])ccc2C1=O.[Na+]. The summed E-state index contributed by atoms with van der Waals surface area (Å²) in [6.07, 6.45) is 1.19. The third-order valence-electron chi connectivity index (χ3n) is 3.64. The van der Waals surface area contributed by atoms with Gasteiger partial charge in [0.15, 0.2) is 0 Å². The van der Waals surface area contributed by atoms with Gasteiger partial charge in [0.2, 0.25) is 11.6 Å². The molecule has 0 saturated carbocycles. The average Bonchev–Trinajstić information content (AvgIpc) is 2.50. The van der Waals surface area contributed by atoms with E-state index in [1.807, 2.05) is 4.90 Å². The molecule has 3 rings (SSSR count). The van der Waals surface area contributed by atoms with Crippen LogP contribution in [-0.4, -0.2) is 55.7 Å². The summed E-state index contributed by atoms with van der Waals surface area (Å²) in [6.45, 7) is 1.96. The smallest absolute Gasteiger partial charge is 0.744 e. The Morgan fingerprint density at radius 2 is 1.74 bits per heavy atom. The van der Waals surface area contributed by atoms with Crippen molar-refractivity contribution in [2.75, 3.05) is 26.3 Å². The number of hydrogen-bond donors (Lipinski definition) is 0. The van der Waals surface area contributed by atoms with Gasteiger partial charge in [-0.1, -0.05) is 0 Å². The van der Waals surface area contributed by atoms with Gasteiger partial charge in [-0.15, -0.1) is 0 Å². The molecule has 0 unspecified atom stereocenters. The molecule has 1 aliphatic heterocycles. The van der Waals surface area contributed by atoms with Crippen LogP contribution >= 0.6 is 0 Å². The molecule has 0 N–H and O–H groups in total. The summed E-state index contributed by atoms with van der Waals surface area (Å²) in [6, 6.07) is 3.42. The number of ketones is 2. The van der Waals surface area contributed by atoms with Crippen molar-refractivity contribution in [3.8, 4) is 0 Å². The van der Waals surface area contributed by atoms with Crippen molar-refractivity contribution in [3.05, 3.63) is 35.4 Å². The normalized spacial score (nSPS) is 18.1. The van der Waals surface area contributed by atoms with Crippen LogP contribution in [0.15, 0.2) is 29.2 Å². The van der Waals surface area contributed by atoms with E-state index < -0.39 is 26.6 Å². The van der Waals surface area contributed by atoms with Gasteiger partial charge in [-0.2, -0.15) is 0 Å². The topological polar surface area (TPSA) is 104 Å². The molecule has 0 bridgehead atoms. The van der Waals surface area contributed by atoms with Gasteiger partial charge in [0, 0.05) is 36.0 Å². The van der Waals surface area contributed by atoms with E-state index in [9.17, 15) is 22.6 Å². The van der Waals surface area contributed by atoms with Crippen LogP contribution in [0.3, 0.4) is 0 Å². The van der Waals surface area contributed by atoms with E-state index in [1.54, 1.807) is 0 Å². The second-order valence-electron chi connectivity index (χ2n) is 4.98. The van der Waals surface area contributed by atoms with Crippen LogP contribution in [-0.2, 0) is 19.6 Å². The van der Waals surface area contributed by atoms with Gasteiger partial charge in [-0.05, 0) is 18.2 Å². The molecule has 1 fully saturated rings. The second kappa shape index (κ2) is 6.84. The monoisotopic (exact) mass is 345 g/mol. The number of fused-ring (bicyclic) bond motifs is 1. The van der Waals surface area contributed by atoms with Gasteiger partial charge in [0.1, 0.15) is 10.1 Å². The minimum Gasteiger partial charge on any atom is -0.744 e. The van der Waals surface area contributed by atoms with Crippen LogP contribution in [0.1, 0.15) is 15.9 Å². The van der Waals surface area contributed by atoms with Crippen LogP contribution in [0.2, 0.25) is 0 Å². The van der Waals surface area contributed by atoms with Gasteiger partial charge in [-0.25, -0.2) is 8.42 Å². The Hall–Kier alpha value is -1.03. The molecular weight excluding hydrogens is 333 g/mol. The van der Waals surface area contributed by atoms with Crippen LogP contribution in [0, 0.1) is 0 Å². The second-order valence-corrected chi connectivity index (χ2v) is 6.36. The zero-order chi connectivity index (χ0) is 15.9. The third-order valence-corrected chi connectivity index (χ3v) is 4.47. The fourth-order valence-electron chi connectivity index (χ4n) is 2.55. The minimum atomic E-state index is -4.64. The van der Waals surface area contributed by atoms with E-state index in [4.69, 9.17) is 4.74 Å². The number of ether oxygens (including phenoxy) is 1. The molecule has 7 nitrogen and oxygen atoms in total. The minimum absolute atomic E-state index is 0. The molecule has 1 saturated heterocycles. The number of Topliss-reactive ketones (excluding diaryl/α,β-unsaturated/α-hetero) is 1. The van der Waals surface area contributed by atoms with Crippen LogP contribution in [0.25, 0.3) is 5.70 Å². The first-order valence-electron chi connectivity index (χ1n) is 6.61. The Labute approximate surface area is 155 Å². The Morgan fingerprint density at radius 1 is 1.09 bits per heavy atom. The van der Waals surface area contributed by atoms with Gasteiger partial charge in [-0.3, -0.25) is 9.59 Å². The summed E-state index contributed by atoms with van der Waals surface area (Å²) in [7, 11) is -4.64. The molecule has 1 aromatic carbocycles. The first-order chi connectivity index (χ1) is 10.4. The molecular formula is C14H12NNaO6S. The Morgan fingerprint density at radius 3 is 2.35 bits per heavy atom. The maximum atomic E-state index is 11.9. The summed E-state index contributed by atoms with van der Waals surface area (Å²) >= 11 is 0. The molecule has 2 aliphatic rings. The van der Waals surface area contributed by atoms with Gasteiger partial charge >= 0.3 is 29.6 Å². The molecule has 0 atom stereocenters. The maximum absolute atomic E-state index is 11.9. The number of carbonyl (C=O) groups is 2. The van der Waals surface area contributed by atoms with Crippen LogP contribution in [0.4, 0.5) is 0 Å². The summed E-state index contributed by atoms with van der Waals surface area (Å²) < 4.78 is 38.8. The quantitative estimate of drug-likeness (QED) is 0.320. The van der Waals surface area contributed by atoms with Crippen molar-refractivity contribution < 1.29 is 56.9 Å². The number of carbonyl (C=O) groups excluding carboxylic acids is 2.